The molecule has 0 aromatic heterocycles. The van der Waals surface area contributed by atoms with Gasteiger partial charge >= 0.3 is 6.18 Å². The van der Waals surface area contributed by atoms with Crippen molar-refractivity contribution in [2.75, 3.05) is 32.7 Å². The van der Waals surface area contributed by atoms with E-state index in [2.05, 4.69) is 0 Å². The van der Waals surface area contributed by atoms with Crippen molar-refractivity contribution in [3.63, 3.8) is 0 Å². The first-order valence-electron chi connectivity index (χ1n) is 7.70. The Morgan fingerprint density at radius 3 is 2.27 bits per heavy atom. The smallest absolute Gasteiger partial charge is 0.390 e. The van der Waals surface area contributed by atoms with E-state index >= 15 is 0 Å². The first-order valence-corrected chi connectivity index (χ1v) is 7.70. The number of carbonyl (C=O) groups excluding carboxylic acids is 1. The Labute approximate surface area is 127 Å². The zero-order chi connectivity index (χ0) is 16.3. The number of carbonyl (C=O) groups is 1. The molecule has 2 unspecified atom stereocenters. The van der Waals surface area contributed by atoms with E-state index < -0.39 is 24.3 Å². The summed E-state index contributed by atoms with van der Waals surface area (Å²) >= 11 is 0. The van der Waals surface area contributed by atoms with E-state index in [1.54, 1.807) is 4.90 Å². The lowest BCUT2D eigenvalue weighted by Crippen LogP contribution is -2.46. The Morgan fingerprint density at radius 2 is 1.77 bits per heavy atom. The van der Waals surface area contributed by atoms with Crippen molar-refractivity contribution >= 4 is 5.91 Å². The molecule has 2 saturated heterocycles. The van der Waals surface area contributed by atoms with Gasteiger partial charge in [0.2, 0.25) is 5.91 Å². The summed E-state index contributed by atoms with van der Waals surface area (Å²) in [6.45, 7) is 2.13. The van der Waals surface area contributed by atoms with Crippen LogP contribution in [0.2, 0.25) is 0 Å². The van der Waals surface area contributed by atoms with E-state index in [0.717, 1.165) is 6.42 Å². The van der Waals surface area contributed by atoms with Gasteiger partial charge in [0.05, 0.1) is 6.10 Å². The molecule has 2 aliphatic heterocycles. The fourth-order valence-electron chi connectivity index (χ4n) is 3.23. The third kappa shape index (κ3) is 4.57. The summed E-state index contributed by atoms with van der Waals surface area (Å²) in [5.41, 5.74) is 0. The summed E-state index contributed by atoms with van der Waals surface area (Å²) in [6.07, 6.45) is -5.67. The van der Waals surface area contributed by atoms with Gasteiger partial charge in [0.25, 0.3) is 0 Å². The lowest BCUT2D eigenvalue weighted by atomic mass is 9.91. The second-order valence-corrected chi connectivity index (χ2v) is 6.22. The second kappa shape index (κ2) is 7.14. The molecule has 2 rings (SSSR count). The highest BCUT2D eigenvalue weighted by molar-refractivity contribution is 5.78. The molecule has 1 amide bonds. The maximum atomic E-state index is 12.5. The number of hydrogen-bond donors (Lipinski definition) is 2. The van der Waals surface area contributed by atoms with Crippen LogP contribution >= 0.6 is 0 Å². The van der Waals surface area contributed by atoms with Crippen LogP contribution in [0.25, 0.3) is 0 Å². The minimum absolute atomic E-state index is 0.0473. The minimum atomic E-state index is -4.57. The fraction of sp³-hybridized carbons (Fsp3) is 0.929. The molecule has 5 nitrogen and oxygen atoms in total. The van der Waals surface area contributed by atoms with Crippen molar-refractivity contribution < 1.29 is 28.2 Å². The molecule has 0 bridgehead atoms. The number of amides is 1. The van der Waals surface area contributed by atoms with Crippen molar-refractivity contribution in [3.8, 4) is 0 Å². The average molecular weight is 324 g/mol. The zero-order valence-corrected chi connectivity index (χ0v) is 12.4. The van der Waals surface area contributed by atoms with Crippen LogP contribution in [0.4, 0.5) is 13.2 Å². The van der Waals surface area contributed by atoms with Crippen LogP contribution in [0.3, 0.4) is 0 Å². The Kier molecular flexibility index (Phi) is 5.68. The van der Waals surface area contributed by atoms with Gasteiger partial charge in [-0.25, -0.2) is 0 Å². The molecule has 0 aliphatic carbocycles. The molecule has 128 valence electrons. The molecule has 0 aromatic rings. The molecule has 22 heavy (non-hydrogen) atoms. The van der Waals surface area contributed by atoms with E-state index in [1.165, 1.54) is 0 Å². The van der Waals surface area contributed by atoms with Crippen LogP contribution in [0, 0.1) is 5.92 Å². The third-order valence-corrected chi connectivity index (χ3v) is 4.49. The summed E-state index contributed by atoms with van der Waals surface area (Å²) in [4.78, 5) is 15.0. The molecule has 0 saturated carbocycles. The fourth-order valence-corrected chi connectivity index (χ4v) is 3.23. The molecule has 2 heterocycles. The molecule has 0 spiro atoms. The summed E-state index contributed by atoms with van der Waals surface area (Å²) in [5, 5.41) is 19.3. The molecular formula is C14H23F3N2O3. The van der Waals surface area contributed by atoms with Crippen LogP contribution in [0.15, 0.2) is 0 Å². The number of piperidine rings is 1. The number of aliphatic hydroxyl groups excluding tert-OH is 2. The molecule has 2 atom stereocenters. The highest BCUT2D eigenvalue weighted by Gasteiger charge is 2.44. The summed E-state index contributed by atoms with van der Waals surface area (Å²) in [6, 6.07) is 0. The number of nitrogens with zero attached hydrogens (tertiary/aromatic N) is 2. The second-order valence-electron chi connectivity index (χ2n) is 6.22. The lowest BCUT2D eigenvalue weighted by molar-refractivity contribution is -0.223. The van der Waals surface area contributed by atoms with Crippen molar-refractivity contribution in [3.05, 3.63) is 0 Å². The van der Waals surface area contributed by atoms with Crippen LogP contribution in [0.1, 0.15) is 25.7 Å². The van der Waals surface area contributed by atoms with E-state index in [-0.39, 0.29) is 25.3 Å². The van der Waals surface area contributed by atoms with Crippen molar-refractivity contribution in [2.24, 2.45) is 5.92 Å². The standard InChI is InChI=1S/C14H23F3N2O3/c15-14(16,17)13(22)10-3-6-18(7-4-10)8-11(20)9-19-5-1-2-12(19)21/h10-11,13,20,22H,1-9H2. The Balaban J connectivity index is 1.72. The molecule has 2 N–H and O–H groups in total. The van der Waals surface area contributed by atoms with Gasteiger partial charge in [0.1, 0.15) is 0 Å². The molecule has 2 fully saturated rings. The van der Waals surface area contributed by atoms with Gasteiger partial charge in [0.15, 0.2) is 6.10 Å². The average Bonchev–Trinajstić information content (AvgIpc) is 2.83. The molecular weight excluding hydrogens is 301 g/mol. The number of β-amino-alcohol motifs (C(OH)–C–C–N with tert-alkyl or cyclic N) is 1. The first kappa shape index (κ1) is 17.5. The summed E-state index contributed by atoms with van der Waals surface area (Å²) < 4.78 is 37.4. The normalized spacial score (nSPS) is 24.8. The SMILES string of the molecule is O=C1CCCN1CC(O)CN1CCC(C(O)C(F)(F)F)CC1. The summed E-state index contributed by atoms with van der Waals surface area (Å²) in [7, 11) is 0. The van der Waals surface area contributed by atoms with E-state index in [0.29, 0.717) is 32.6 Å². The number of halogens is 3. The largest absolute Gasteiger partial charge is 0.414 e. The van der Waals surface area contributed by atoms with Crippen molar-refractivity contribution in [2.45, 2.75) is 44.1 Å². The lowest BCUT2D eigenvalue weighted by Gasteiger charge is -2.36. The van der Waals surface area contributed by atoms with Gasteiger partial charge < -0.3 is 20.0 Å². The Hall–Kier alpha value is -0.860. The quantitative estimate of drug-likeness (QED) is 0.778. The monoisotopic (exact) mass is 324 g/mol. The Morgan fingerprint density at radius 1 is 1.14 bits per heavy atom. The van der Waals surface area contributed by atoms with Gasteiger partial charge in [-0.15, -0.1) is 0 Å². The van der Waals surface area contributed by atoms with Crippen LogP contribution in [-0.4, -0.2) is 77.0 Å². The van der Waals surface area contributed by atoms with Gasteiger partial charge in [0, 0.05) is 26.1 Å². The number of rotatable bonds is 5. The van der Waals surface area contributed by atoms with E-state index in [9.17, 15) is 28.2 Å². The van der Waals surface area contributed by atoms with Crippen LogP contribution < -0.4 is 0 Å². The maximum Gasteiger partial charge on any atom is 0.414 e. The highest BCUT2D eigenvalue weighted by atomic mass is 19.4. The summed E-state index contributed by atoms with van der Waals surface area (Å²) in [5.74, 6) is -0.723. The van der Waals surface area contributed by atoms with Gasteiger partial charge in [-0.05, 0) is 38.3 Å². The molecule has 0 aromatic carbocycles. The minimum Gasteiger partial charge on any atom is -0.390 e. The topological polar surface area (TPSA) is 64.0 Å². The predicted octanol–water partition coefficient (Wildman–Crippen LogP) is 0.605. The van der Waals surface area contributed by atoms with Crippen LogP contribution in [-0.2, 0) is 4.79 Å². The first-order chi connectivity index (χ1) is 10.3. The van der Waals surface area contributed by atoms with Crippen LogP contribution in [0.5, 0.6) is 0 Å². The van der Waals surface area contributed by atoms with E-state index in [1.807, 2.05) is 4.90 Å². The highest BCUT2D eigenvalue weighted by Crippen LogP contribution is 2.31. The molecule has 0 radical (unpaired) electrons. The van der Waals surface area contributed by atoms with Gasteiger partial charge in [-0.3, -0.25) is 4.79 Å². The Bertz CT molecular complexity index is 384. The van der Waals surface area contributed by atoms with Crippen molar-refractivity contribution in [1.82, 2.24) is 9.80 Å². The van der Waals surface area contributed by atoms with Gasteiger partial charge in [-0.1, -0.05) is 0 Å². The van der Waals surface area contributed by atoms with Gasteiger partial charge in [-0.2, -0.15) is 13.2 Å². The molecule has 2 aliphatic rings. The zero-order valence-electron chi connectivity index (χ0n) is 12.4. The number of alkyl halides is 3. The van der Waals surface area contributed by atoms with Crippen molar-refractivity contribution in [1.29, 1.82) is 0 Å². The third-order valence-electron chi connectivity index (χ3n) is 4.49. The predicted molar refractivity (Wildman–Crippen MR) is 73.0 cm³/mol. The molecule has 8 heteroatoms. The number of hydrogen-bond acceptors (Lipinski definition) is 4. The van der Waals surface area contributed by atoms with E-state index in [4.69, 9.17) is 0 Å². The maximum absolute atomic E-state index is 12.5. The number of likely N-dealkylation sites (tertiary alicyclic amines) is 2. The number of aliphatic hydroxyl groups is 2.